The quantitative estimate of drug-likeness (QED) is 0.0739. The van der Waals surface area contributed by atoms with Gasteiger partial charge in [0.05, 0.1) is 0 Å². The van der Waals surface area contributed by atoms with Gasteiger partial charge in [-0.25, -0.2) is 0 Å². The van der Waals surface area contributed by atoms with Crippen molar-refractivity contribution in [2.45, 2.75) is 162 Å². The zero-order chi connectivity index (χ0) is 35.0. The molecule has 4 aromatic carbocycles. The van der Waals surface area contributed by atoms with Crippen molar-refractivity contribution >= 4 is 0 Å². The van der Waals surface area contributed by atoms with Gasteiger partial charge in [0.15, 0.2) is 0 Å². The summed E-state index contributed by atoms with van der Waals surface area (Å²) in [5.74, 6) is 0. The molecule has 0 nitrogen and oxygen atoms in total. The van der Waals surface area contributed by atoms with Crippen molar-refractivity contribution in [3.05, 3.63) is 142 Å². The molecule has 0 spiro atoms. The first-order chi connectivity index (χ1) is 23.7. The fourth-order valence-electron chi connectivity index (χ4n) is 7.59. The van der Waals surface area contributed by atoms with Crippen LogP contribution in [0.1, 0.15) is 176 Å². The molecule has 0 saturated heterocycles. The molecule has 0 bridgehead atoms. The molecule has 4 rings (SSSR count). The second kappa shape index (κ2) is 19.9. The van der Waals surface area contributed by atoms with Gasteiger partial charge in [0.1, 0.15) is 0 Å². The monoisotopic (exact) mass is 657 g/mol. The molecule has 264 valence electrons. The summed E-state index contributed by atoms with van der Waals surface area (Å²) in [5.41, 5.74) is 11.5. The first-order valence-electron chi connectivity index (χ1n) is 20.1. The lowest BCUT2D eigenvalue weighted by Gasteiger charge is -2.28. The second-order valence-electron chi connectivity index (χ2n) is 16.0. The highest BCUT2D eigenvalue weighted by Crippen LogP contribution is 2.36. The van der Waals surface area contributed by atoms with Crippen LogP contribution in [0.5, 0.6) is 0 Å². The van der Waals surface area contributed by atoms with Crippen molar-refractivity contribution in [3.8, 4) is 0 Å². The summed E-state index contributed by atoms with van der Waals surface area (Å²) in [6.07, 6.45) is 22.2. The predicted octanol–water partition coefficient (Wildman–Crippen LogP) is 14.5. The molecule has 0 fully saturated rings. The molecule has 0 aliphatic carbocycles. The van der Waals surface area contributed by atoms with E-state index in [4.69, 9.17) is 0 Å². The fourth-order valence-corrected chi connectivity index (χ4v) is 7.59. The van der Waals surface area contributed by atoms with Gasteiger partial charge in [-0.1, -0.05) is 216 Å². The van der Waals surface area contributed by atoms with E-state index in [1.165, 1.54) is 147 Å². The molecule has 0 saturated carbocycles. The maximum atomic E-state index is 2.53. The molecule has 0 aromatic heterocycles. The van der Waals surface area contributed by atoms with Crippen LogP contribution >= 0.6 is 0 Å². The Morgan fingerprint density at radius 2 is 0.673 bits per heavy atom. The van der Waals surface area contributed by atoms with Crippen LogP contribution in [0.15, 0.2) is 97.1 Å². The molecule has 49 heavy (non-hydrogen) atoms. The summed E-state index contributed by atoms with van der Waals surface area (Å²) in [5, 5.41) is 0. The Labute approximate surface area is 302 Å². The van der Waals surface area contributed by atoms with E-state index in [0.29, 0.717) is 0 Å². The van der Waals surface area contributed by atoms with Crippen molar-refractivity contribution < 1.29 is 0 Å². The van der Waals surface area contributed by atoms with Crippen LogP contribution in [0.3, 0.4) is 0 Å². The summed E-state index contributed by atoms with van der Waals surface area (Å²) >= 11 is 0. The lowest BCUT2D eigenvalue weighted by Crippen LogP contribution is -2.20. The third-order valence-corrected chi connectivity index (χ3v) is 11.1. The van der Waals surface area contributed by atoms with Crippen molar-refractivity contribution in [1.29, 1.82) is 0 Å². The number of hydrogen-bond acceptors (Lipinski definition) is 0. The van der Waals surface area contributed by atoms with E-state index in [1.54, 1.807) is 0 Å². The van der Waals surface area contributed by atoms with E-state index in [2.05, 4.69) is 139 Å². The number of unbranched alkanes of at least 4 members (excludes halogenated alkanes) is 12. The minimum absolute atomic E-state index is 0.0500. The smallest absolute Gasteiger partial charge is 0.0146 e. The first kappa shape index (κ1) is 38.7. The summed E-state index contributed by atoms with van der Waals surface area (Å²) in [6, 6.07) is 37.4. The zero-order valence-electron chi connectivity index (χ0n) is 32.3. The average molecular weight is 657 g/mol. The Bertz CT molecular complexity index is 1380. The summed E-state index contributed by atoms with van der Waals surface area (Å²) < 4.78 is 0. The van der Waals surface area contributed by atoms with Gasteiger partial charge in [-0.05, 0) is 76.6 Å². The summed E-state index contributed by atoms with van der Waals surface area (Å²) in [6.45, 7) is 14.2. The predicted molar refractivity (Wildman–Crippen MR) is 216 cm³/mol. The van der Waals surface area contributed by atoms with Crippen LogP contribution < -0.4 is 0 Å². The van der Waals surface area contributed by atoms with Gasteiger partial charge in [-0.15, -0.1) is 0 Å². The Morgan fingerprint density at radius 1 is 0.347 bits per heavy atom. The second-order valence-corrected chi connectivity index (χ2v) is 16.0. The minimum Gasteiger partial charge on any atom is -0.0654 e. The first-order valence-corrected chi connectivity index (χ1v) is 20.1. The fraction of sp³-hybridized carbons (Fsp3) is 0.510. The molecule has 0 radical (unpaired) electrons. The van der Waals surface area contributed by atoms with Crippen LogP contribution in [0.25, 0.3) is 0 Å². The molecule has 0 heterocycles. The van der Waals surface area contributed by atoms with E-state index in [1.807, 2.05) is 0 Å². The van der Waals surface area contributed by atoms with Gasteiger partial charge in [-0.2, -0.15) is 0 Å². The molecule has 0 amide bonds. The molecule has 0 N–H and O–H groups in total. The topological polar surface area (TPSA) is 0 Å². The van der Waals surface area contributed by atoms with E-state index >= 15 is 0 Å². The Morgan fingerprint density at radius 3 is 1.04 bits per heavy atom. The Balaban J connectivity index is 1.62. The summed E-state index contributed by atoms with van der Waals surface area (Å²) in [7, 11) is 0. The van der Waals surface area contributed by atoms with Gasteiger partial charge >= 0.3 is 0 Å². The maximum absolute atomic E-state index is 2.53. The normalized spacial score (nSPS) is 12.0. The molecule has 0 aliphatic heterocycles. The van der Waals surface area contributed by atoms with Crippen LogP contribution in [0, 0.1) is 0 Å². The number of aryl methyl sites for hydroxylation is 2. The van der Waals surface area contributed by atoms with E-state index < -0.39 is 0 Å². The number of benzene rings is 4. The third kappa shape index (κ3) is 12.0. The molecule has 0 atom stereocenters. The van der Waals surface area contributed by atoms with Gasteiger partial charge in [0, 0.05) is 10.8 Å². The lowest BCUT2D eigenvalue weighted by atomic mass is 9.75. The van der Waals surface area contributed by atoms with Gasteiger partial charge in [0.2, 0.25) is 0 Å². The van der Waals surface area contributed by atoms with Crippen LogP contribution in [0.4, 0.5) is 0 Å². The molecule has 0 aliphatic rings. The van der Waals surface area contributed by atoms with Gasteiger partial charge in [-0.3, -0.25) is 0 Å². The van der Waals surface area contributed by atoms with Crippen molar-refractivity contribution in [1.82, 2.24) is 0 Å². The molecule has 0 unspecified atom stereocenters. The highest BCUT2D eigenvalue weighted by atomic mass is 14.3. The van der Waals surface area contributed by atoms with Gasteiger partial charge in [0.25, 0.3) is 0 Å². The Kier molecular flexibility index (Phi) is 15.7. The van der Waals surface area contributed by atoms with Crippen LogP contribution in [-0.4, -0.2) is 0 Å². The SMILES string of the molecule is CCCCCCCCCc1cc(Cc2cc(CCCCCCCCC)cc(C(C)(C)c3ccccc3)c2)cc(C(C)(C)c2ccccc2)c1. The maximum Gasteiger partial charge on any atom is 0.0146 e. The number of hydrogen-bond donors (Lipinski definition) is 0. The summed E-state index contributed by atoms with van der Waals surface area (Å²) in [4.78, 5) is 0. The zero-order valence-corrected chi connectivity index (χ0v) is 32.3. The highest BCUT2D eigenvalue weighted by molar-refractivity contribution is 5.46. The minimum atomic E-state index is -0.0500. The number of rotatable bonds is 22. The van der Waals surface area contributed by atoms with Gasteiger partial charge < -0.3 is 0 Å². The van der Waals surface area contributed by atoms with E-state index in [0.717, 1.165) is 6.42 Å². The Hall–Kier alpha value is -3.12. The van der Waals surface area contributed by atoms with E-state index in [9.17, 15) is 0 Å². The molecule has 4 aromatic rings. The van der Waals surface area contributed by atoms with Crippen LogP contribution in [-0.2, 0) is 30.1 Å². The standard InChI is InChI=1S/C49H68/c1-7-9-11-13-15-17-21-27-40-33-42(38-46(36-40)48(3,4)44-29-23-19-24-30-44)35-43-34-41(28-22-18-16-14-12-10-8-2)37-47(39-43)49(5,6)45-31-25-20-26-32-45/h19-20,23-26,29-34,36-39H,7-18,21-22,27-28,35H2,1-6H3. The van der Waals surface area contributed by atoms with Crippen molar-refractivity contribution in [2.24, 2.45) is 0 Å². The molecule has 0 heteroatoms. The highest BCUT2D eigenvalue weighted by Gasteiger charge is 2.26. The lowest BCUT2D eigenvalue weighted by molar-refractivity contribution is 0.588. The molecular weight excluding hydrogens is 589 g/mol. The average Bonchev–Trinajstić information content (AvgIpc) is 3.11. The van der Waals surface area contributed by atoms with Crippen LogP contribution in [0.2, 0.25) is 0 Å². The third-order valence-electron chi connectivity index (χ3n) is 11.1. The van der Waals surface area contributed by atoms with Crippen molar-refractivity contribution in [2.75, 3.05) is 0 Å². The molecular formula is C49H68. The van der Waals surface area contributed by atoms with Crippen molar-refractivity contribution in [3.63, 3.8) is 0 Å². The largest absolute Gasteiger partial charge is 0.0654 e. The van der Waals surface area contributed by atoms with E-state index in [-0.39, 0.29) is 10.8 Å².